The summed E-state index contributed by atoms with van der Waals surface area (Å²) in [6, 6.07) is 8.54. The predicted molar refractivity (Wildman–Crippen MR) is 127 cm³/mol. The fourth-order valence-corrected chi connectivity index (χ4v) is 5.55. The molecule has 0 spiro atoms. The Morgan fingerprint density at radius 3 is 2.28 bits per heavy atom. The van der Waals surface area contributed by atoms with Crippen LogP contribution >= 0.6 is 11.3 Å². The lowest BCUT2D eigenvalue weighted by Gasteiger charge is -2.32. The van der Waals surface area contributed by atoms with Crippen molar-refractivity contribution in [2.24, 2.45) is 0 Å². The van der Waals surface area contributed by atoms with Gasteiger partial charge in [-0.15, -0.1) is 11.3 Å². The van der Waals surface area contributed by atoms with E-state index in [-0.39, 0.29) is 10.1 Å². The number of carbonyl (C=O) groups excluding carboxylic acids is 1. The number of piperazine rings is 1. The van der Waals surface area contributed by atoms with E-state index in [1.807, 2.05) is 6.07 Å². The Bertz CT molecular complexity index is 1150. The fraction of sp³-hybridized carbons (Fsp3) is 0.429. The third-order valence-corrected chi connectivity index (χ3v) is 8.01. The molecule has 0 radical (unpaired) electrons. The molecule has 15 heteroatoms. The van der Waals surface area contributed by atoms with Gasteiger partial charge >= 0.3 is 12.1 Å². The number of sulfonamides is 1. The Hall–Kier alpha value is -2.88. The van der Waals surface area contributed by atoms with Gasteiger partial charge in [-0.3, -0.25) is 9.52 Å². The quantitative estimate of drug-likeness (QED) is 0.516. The van der Waals surface area contributed by atoms with Gasteiger partial charge in [-0.1, -0.05) is 6.07 Å². The Balaban J connectivity index is 0.000000454. The van der Waals surface area contributed by atoms with Crippen LogP contribution < -0.4 is 14.9 Å². The van der Waals surface area contributed by atoms with Crippen LogP contribution in [0.3, 0.4) is 0 Å². The molecule has 3 N–H and O–H groups in total. The number of carbonyl (C=O) groups is 2. The summed E-state index contributed by atoms with van der Waals surface area (Å²) >= 11 is 1.16. The number of amides is 1. The van der Waals surface area contributed by atoms with Gasteiger partial charge in [-0.2, -0.15) is 13.2 Å². The maximum atomic E-state index is 12.9. The van der Waals surface area contributed by atoms with E-state index in [4.69, 9.17) is 14.6 Å². The van der Waals surface area contributed by atoms with Gasteiger partial charge < -0.3 is 25.0 Å². The number of morpholine rings is 1. The minimum Gasteiger partial charge on any atom is -0.475 e. The van der Waals surface area contributed by atoms with Gasteiger partial charge in [0.2, 0.25) is 0 Å². The first-order chi connectivity index (χ1) is 17.0. The van der Waals surface area contributed by atoms with Gasteiger partial charge in [0.25, 0.3) is 15.9 Å². The predicted octanol–water partition coefficient (Wildman–Crippen LogP) is 2.06. The molecule has 0 unspecified atom stereocenters. The lowest BCUT2D eigenvalue weighted by Crippen LogP contribution is -2.44. The van der Waals surface area contributed by atoms with Crippen molar-refractivity contribution in [3.63, 3.8) is 0 Å². The summed E-state index contributed by atoms with van der Waals surface area (Å²) in [6.07, 6.45) is -5.08. The van der Waals surface area contributed by atoms with Gasteiger partial charge in [0.05, 0.1) is 24.6 Å². The topological polar surface area (TPSA) is 128 Å². The molecule has 1 aromatic heterocycles. The maximum Gasteiger partial charge on any atom is 0.490 e. The standard InChI is InChI=1S/C19H24N4O4S2.C2HF3O2/c24-19(23-9-11-27-12-10-23)15-3-4-17(22-7-5-20-6-8-22)16(14-15)21-29(25,26)18-2-1-13-28-18;3-2(4,5)1(6)7/h1-4,13-14,20-21H,5-12H2;(H,6,7). The van der Waals surface area contributed by atoms with E-state index < -0.39 is 22.2 Å². The molecule has 0 aliphatic carbocycles. The number of thiophene rings is 1. The zero-order valence-corrected chi connectivity index (χ0v) is 20.6. The van der Waals surface area contributed by atoms with Crippen LogP contribution in [-0.4, -0.2) is 89.0 Å². The average Bonchev–Trinajstić information content (AvgIpc) is 3.41. The second kappa shape index (κ2) is 11.9. The molecule has 36 heavy (non-hydrogen) atoms. The molecular formula is C21H25F3N4O6S2. The van der Waals surface area contributed by atoms with Crippen molar-refractivity contribution in [3.8, 4) is 0 Å². The van der Waals surface area contributed by atoms with Gasteiger partial charge in [0.1, 0.15) is 4.21 Å². The first-order valence-electron chi connectivity index (χ1n) is 10.8. The van der Waals surface area contributed by atoms with E-state index in [0.717, 1.165) is 43.2 Å². The van der Waals surface area contributed by atoms with E-state index in [0.29, 0.717) is 37.6 Å². The van der Waals surface area contributed by atoms with Crippen molar-refractivity contribution in [2.75, 3.05) is 62.1 Å². The highest BCUT2D eigenvalue weighted by Crippen LogP contribution is 2.31. The summed E-state index contributed by atoms with van der Waals surface area (Å²) in [5.41, 5.74) is 1.68. The third-order valence-electron chi connectivity index (χ3n) is 5.25. The molecule has 2 aliphatic rings. The highest BCUT2D eigenvalue weighted by atomic mass is 32.2. The minimum absolute atomic E-state index is 0.114. The zero-order valence-electron chi connectivity index (χ0n) is 19.0. The Morgan fingerprint density at radius 2 is 1.72 bits per heavy atom. The highest BCUT2D eigenvalue weighted by Gasteiger charge is 2.38. The summed E-state index contributed by atoms with van der Waals surface area (Å²) in [6.45, 7) is 5.29. The van der Waals surface area contributed by atoms with Crippen LogP contribution in [0.1, 0.15) is 10.4 Å². The van der Waals surface area contributed by atoms with Crippen molar-refractivity contribution >= 4 is 44.6 Å². The van der Waals surface area contributed by atoms with E-state index >= 15 is 0 Å². The van der Waals surface area contributed by atoms with Gasteiger partial charge in [-0.25, -0.2) is 13.2 Å². The number of hydrogen-bond donors (Lipinski definition) is 3. The molecule has 198 valence electrons. The molecule has 3 heterocycles. The van der Waals surface area contributed by atoms with Crippen LogP contribution in [0.2, 0.25) is 0 Å². The number of aliphatic carboxylic acids is 1. The lowest BCUT2D eigenvalue weighted by atomic mass is 10.1. The summed E-state index contributed by atoms with van der Waals surface area (Å²) in [5.74, 6) is -2.87. The third kappa shape index (κ3) is 7.32. The summed E-state index contributed by atoms with van der Waals surface area (Å²) < 4.78 is 65.7. The number of rotatable bonds is 5. The monoisotopic (exact) mass is 550 g/mol. The van der Waals surface area contributed by atoms with E-state index in [2.05, 4.69) is 14.9 Å². The summed E-state index contributed by atoms with van der Waals surface area (Å²) in [7, 11) is -3.72. The Kier molecular flexibility index (Phi) is 9.16. The van der Waals surface area contributed by atoms with E-state index in [9.17, 15) is 26.4 Å². The molecule has 1 amide bonds. The molecule has 2 aliphatic heterocycles. The molecule has 10 nitrogen and oxygen atoms in total. The number of ether oxygens (including phenoxy) is 1. The number of benzene rings is 1. The number of hydrogen-bond acceptors (Lipinski definition) is 8. The molecule has 2 fully saturated rings. The number of halogens is 3. The number of anilines is 2. The zero-order chi connectivity index (χ0) is 26.3. The smallest absolute Gasteiger partial charge is 0.475 e. The second-order valence-corrected chi connectivity index (χ2v) is 10.6. The van der Waals surface area contributed by atoms with Crippen molar-refractivity contribution < 1.29 is 41.0 Å². The van der Waals surface area contributed by atoms with Gasteiger partial charge in [0.15, 0.2) is 0 Å². The average molecular weight is 551 g/mol. The number of nitrogens with zero attached hydrogens (tertiary/aromatic N) is 2. The molecule has 0 atom stereocenters. The maximum absolute atomic E-state index is 12.9. The molecule has 4 rings (SSSR count). The molecule has 0 saturated carbocycles. The first-order valence-corrected chi connectivity index (χ1v) is 13.2. The normalized spacial score (nSPS) is 16.6. The Morgan fingerprint density at radius 1 is 1.08 bits per heavy atom. The van der Waals surface area contributed by atoms with Crippen molar-refractivity contribution in [1.29, 1.82) is 0 Å². The number of alkyl halides is 3. The van der Waals surface area contributed by atoms with Crippen LogP contribution in [0, 0.1) is 0 Å². The van der Waals surface area contributed by atoms with Gasteiger partial charge in [0, 0.05) is 44.8 Å². The largest absolute Gasteiger partial charge is 0.490 e. The van der Waals surface area contributed by atoms with E-state index in [1.165, 1.54) is 0 Å². The first kappa shape index (κ1) is 27.7. The van der Waals surface area contributed by atoms with Crippen LogP contribution in [0.15, 0.2) is 39.9 Å². The van der Waals surface area contributed by atoms with Crippen LogP contribution in [0.5, 0.6) is 0 Å². The van der Waals surface area contributed by atoms with Crippen LogP contribution in [-0.2, 0) is 19.6 Å². The van der Waals surface area contributed by atoms with Gasteiger partial charge in [-0.05, 0) is 29.6 Å². The second-order valence-electron chi connectivity index (χ2n) is 7.71. The molecule has 2 saturated heterocycles. The van der Waals surface area contributed by atoms with E-state index in [1.54, 1.807) is 34.5 Å². The number of carboxylic acids is 1. The minimum atomic E-state index is -5.08. The molecular weight excluding hydrogens is 525 g/mol. The van der Waals surface area contributed by atoms with Crippen LogP contribution in [0.25, 0.3) is 0 Å². The highest BCUT2D eigenvalue weighted by molar-refractivity contribution is 7.94. The summed E-state index contributed by atoms with van der Waals surface area (Å²) in [4.78, 5) is 25.7. The number of nitrogens with one attached hydrogen (secondary N) is 2. The SMILES string of the molecule is O=C(O)C(F)(F)F.O=C(c1ccc(N2CCNCC2)c(NS(=O)(=O)c2cccs2)c1)N1CCOCC1. The van der Waals surface area contributed by atoms with Crippen LogP contribution in [0.4, 0.5) is 24.5 Å². The summed E-state index contributed by atoms with van der Waals surface area (Å²) in [5, 5.41) is 12.1. The Labute approximate surface area is 209 Å². The number of carboxylic acid groups (broad SMARTS) is 1. The molecule has 0 bridgehead atoms. The van der Waals surface area contributed by atoms with Crippen molar-refractivity contribution in [2.45, 2.75) is 10.4 Å². The molecule has 2 aromatic rings. The fourth-order valence-electron chi connectivity index (χ4n) is 3.49. The molecule has 1 aromatic carbocycles. The van der Waals surface area contributed by atoms with Crippen molar-refractivity contribution in [3.05, 3.63) is 41.3 Å². The lowest BCUT2D eigenvalue weighted by molar-refractivity contribution is -0.192. The van der Waals surface area contributed by atoms with Crippen molar-refractivity contribution in [1.82, 2.24) is 10.2 Å².